The predicted octanol–water partition coefficient (Wildman–Crippen LogP) is 0.943. The van der Waals surface area contributed by atoms with Crippen molar-refractivity contribution in [2.45, 2.75) is 6.92 Å². The van der Waals surface area contributed by atoms with Crippen LogP contribution in [0.5, 0.6) is 0 Å². The van der Waals surface area contributed by atoms with Gasteiger partial charge in [-0.3, -0.25) is 0 Å². The maximum Gasteiger partial charge on any atom is 0.0775 e. The Hall–Kier alpha value is -0.510. The van der Waals surface area contributed by atoms with Gasteiger partial charge in [0.2, 0.25) is 0 Å². The first kappa shape index (κ1) is 5.62. The van der Waals surface area contributed by atoms with Gasteiger partial charge in [-0.1, -0.05) is 0 Å². The van der Waals surface area contributed by atoms with E-state index in [1.54, 1.807) is 6.20 Å². The predicted molar refractivity (Wildman–Crippen MR) is 32.3 cm³/mol. The summed E-state index contributed by atoms with van der Waals surface area (Å²) < 4.78 is 0.896. The molecule has 0 atom stereocenters. The van der Waals surface area contributed by atoms with Crippen molar-refractivity contribution < 1.29 is 0 Å². The van der Waals surface area contributed by atoms with Crippen molar-refractivity contribution >= 4 is 15.9 Å². The first-order valence-electron chi connectivity index (χ1n) is 2.11. The molecule has 1 aromatic heterocycles. The molecule has 0 aliphatic rings. The van der Waals surface area contributed by atoms with Gasteiger partial charge in [0.1, 0.15) is 0 Å². The van der Waals surface area contributed by atoms with Crippen LogP contribution in [0.25, 0.3) is 0 Å². The number of aryl methyl sites for hydroxylation is 1. The Labute approximate surface area is 55.3 Å². The second-order valence-electron chi connectivity index (χ2n) is 1.37. The average molecular weight is 174 g/mol. The molecule has 0 N–H and O–H groups in total. The molecule has 0 saturated carbocycles. The number of rotatable bonds is 0. The molecule has 1 rings (SSSR count). The number of hydrogen-bond acceptors (Lipinski definition) is 3. The lowest BCUT2D eigenvalue weighted by Crippen LogP contribution is -1.88. The van der Waals surface area contributed by atoms with Crippen LogP contribution >= 0.6 is 15.9 Å². The Kier molecular flexibility index (Phi) is 1.53. The molecule has 0 unspecified atom stereocenters. The fourth-order valence-corrected chi connectivity index (χ4v) is 0.481. The molecule has 4 heteroatoms. The molecule has 42 valence electrons. The molecule has 0 radical (unpaired) electrons. The zero-order chi connectivity index (χ0) is 5.98. The molecule has 0 amide bonds. The van der Waals surface area contributed by atoms with Gasteiger partial charge in [0, 0.05) is 0 Å². The lowest BCUT2D eigenvalue weighted by molar-refractivity contribution is 0.831. The third kappa shape index (κ3) is 1.01. The molecular weight excluding hydrogens is 170 g/mol. The van der Waals surface area contributed by atoms with Crippen LogP contribution in [-0.4, -0.2) is 15.4 Å². The largest absolute Gasteiger partial charge is 0.138 e. The quantitative estimate of drug-likeness (QED) is 0.587. The van der Waals surface area contributed by atoms with Crippen LogP contribution < -0.4 is 0 Å². The summed E-state index contributed by atoms with van der Waals surface area (Å²) in [6.07, 6.45) is 1.61. The summed E-state index contributed by atoms with van der Waals surface area (Å²) in [5.41, 5.74) is 0.861. The Morgan fingerprint density at radius 1 is 1.62 bits per heavy atom. The Morgan fingerprint density at radius 3 is 2.75 bits per heavy atom. The monoisotopic (exact) mass is 173 g/mol. The maximum absolute atomic E-state index is 3.67. The van der Waals surface area contributed by atoms with Crippen molar-refractivity contribution in [3.63, 3.8) is 0 Å². The van der Waals surface area contributed by atoms with Gasteiger partial charge in [0.05, 0.1) is 16.4 Å². The Morgan fingerprint density at radius 2 is 2.38 bits per heavy atom. The molecule has 3 nitrogen and oxygen atoms in total. The first-order valence-corrected chi connectivity index (χ1v) is 2.90. The van der Waals surface area contributed by atoms with E-state index in [0.29, 0.717) is 0 Å². The summed E-state index contributed by atoms with van der Waals surface area (Å²) in [5, 5.41) is 10.6. The topological polar surface area (TPSA) is 38.7 Å². The van der Waals surface area contributed by atoms with E-state index in [4.69, 9.17) is 0 Å². The molecular formula is C4H4BrN3. The fraction of sp³-hybridized carbons (Fsp3) is 0.250. The summed E-state index contributed by atoms with van der Waals surface area (Å²) >= 11 is 3.23. The number of nitrogens with zero attached hydrogens (tertiary/aromatic N) is 3. The third-order valence-electron chi connectivity index (χ3n) is 0.763. The smallest absolute Gasteiger partial charge is 0.0775 e. The molecule has 0 aromatic carbocycles. The minimum atomic E-state index is 0.861. The van der Waals surface area contributed by atoms with E-state index in [0.717, 1.165) is 10.2 Å². The Balaban J connectivity index is 3.13. The molecule has 1 heterocycles. The average Bonchev–Trinajstić information content (AvgIpc) is 1.77. The highest BCUT2D eigenvalue weighted by Gasteiger charge is 1.90. The highest BCUT2D eigenvalue weighted by molar-refractivity contribution is 9.10. The molecule has 1 aromatic rings. The van der Waals surface area contributed by atoms with E-state index in [9.17, 15) is 0 Å². The third-order valence-corrected chi connectivity index (χ3v) is 1.54. The second kappa shape index (κ2) is 2.17. The normalized spacial score (nSPS) is 9.25. The molecule has 0 aliphatic carbocycles. The van der Waals surface area contributed by atoms with Crippen molar-refractivity contribution in [2.75, 3.05) is 0 Å². The van der Waals surface area contributed by atoms with Gasteiger partial charge in [-0.2, -0.15) is 0 Å². The van der Waals surface area contributed by atoms with E-state index < -0.39 is 0 Å². The van der Waals surface area contributed by atoms with Crippen molar-refractivity contribution in [2.24, 2.45) is 0 Å². The van der Waals surface area contributed by atoms with Gasteiger partial charge in [0.25, 0.3) is 0 Å². The van der Waals surface area contributed by atoms with E-state index >= 15 is 0 Å². The van der Waals surface area contributed by atoms with Crippen molar-refractivity contribution in [3.05, 3.63) is 16.4 Å². The van der Waals surface area contributed by atoms with Gasteiger partial charge in [-0.05, 0) is 28.1 Å². The lowest BCUT2D eigenvalue weighted by Gasteiger charge is -1.87. The summed E-state index contributed by atoms with van der Waals surface area (Å²) in [6.45, 7) is 1.86. The SMILES string of the molecule is Cc1nnncc1Br. The zero-order valence-electron chi connectivity index (χ0n) is 4.30. The zero-order valence-corrected chi connectivity index (χ0v) is 5.88. The molecule has 0 bridgehead atoms. The van der Waals surface area contributed by atoms with Crippen LogP contribution in [0, 0.1) is 6.92 Å². The van der Waals surface area contributed by atoms with E-state index in [1.807, 2.05) is 6.92 Å². The number of aromatic nitrogens is 3. The standard InChI is InChI=1S/C4H4BrN3/c1-3-4(5)2-6-8-7-3/h2H,1H3. The molecule has 0 fully saturated rings. The van der Waals surface area contributed by atoms with Crippen molar-refractivity contribution in [1.29, 1.82) is 0 Å². The summed E-state index contributed by atoms with van der Waals surface area (Å²) in [6, 6.07) is 0. The molecule has 8 heavy (non-hydrogen) atoms. The van der Waals surface area contributed by atoms with E-state index in [2.05, 4.69) is 31.3 Å². The van der Waals surface area contributed by atoms with Gasteiger partial charge >= 0.3 is 0 Å². The minimum Gasteiger partial charge on any atom is -0.138 e. The first-order chi connectivity index (χ1) is 3.80. The van der Waals surface area contributed by atoms with Gasteiger partial charge in [-0.15, -0.1) is 10.2 Å². The van der Waals surface area contributed by atoms with Crippen LogP contribution in [-0.2, 0) is 0 Å². The minimum absolute atomic E-state index is 0.861. The Bertz CT molecular complexity index is 167. The second-order valence-corrected chi connectivity index (χ2v) is 2.22. The highest BCUT2D eigenvalue weighted by atomic mass is 79.9. The number of halogens is 1. The van der Waals surface area contributed by atoms with Gasteiger partial charge in [0.15, 0.2) is 0 Å². The summed E-state index contributed by atoms with van der Waals surface area (Å²) in [4.78, 5) is 0. The van der Waals surface area contributed by atoms with Crippen molar-refractivity contribution in [1.82, 2.24) is 15.4 Å². The van der Waals surface area contributed by atoms with Crippen LogP contribution in [0.3, 0.4) is 0 Å². The molecule has 0 spiro atoms. The van der Waals surface area contributed by atoms with Crippen LogP contribution in [0.4, 0.5) is 0 Å². The maximum atomic E-state index is 3.67. The summed E-state index contributed by atoms with van der Waals surface area (Å²) in [7, 11) is 0. The van der Waals surface area contributed by atoms with Crippen LogP contribution in [0.1, 0.15) is 5.69 Å². The van der Waals surface area contributed by atoms with Crippen LogP contribution in [0.2, 0.25) is 0 Å². The number of hydrogen-bond donors (Lipinski definition) is 0. The lowest BCUT2D eigenvalue weighted by atomic mass is 10.5. The van der Waals surface area contributed by atoms with E-state index in [1.165, 1.54) is 0 Å². The van der Waals surface area contributed by atoms with Crippen LogP contribution in [0.15, 0.2) is 10.7 Å². The summed E-state index contributed by atoms with van der Waals surface area (Å²) in [5.74, 6) is 0. The van der Waals surface area contributed by atoms with Gasteiger partial charge in [-0.25, -0.2) is 0 Å². The molecule has 0 saturated heterocycles. The van der Waals surface area contributed by atoms with E-state index in [-0.39, 0.29) is 0 Å². The highest BCUT2D eigenvalue weighted by Crippen LogP contribution is 2.07. The fourth-order valence-electron chi connectivity index (χ4n) is 0.311. The van der Waals surface area contributed by atoms with Gasteiger partial charge < -0.3 is 0 Å². The molecule has 0 aliphatic heterocycles. The van der Waals surface area contributed by atoms with Crippen molar-refractivity contribution in [3.8, 4) is 0 Å².